The lowest BCUT2D eigenvalue weighted by Gasteiger charge is -2.26. The van der Waals surface area contributed by atoms with Gasteiger partial charge in [-0.05, 0) is 98.6 Å². The Morgan fingerprint density at radius 2 is 1.66 bits per heavy atom. The van der Waals surface area contributed by atoms with Crippen LogP contribution in [0.25, 0.3) is 11.1 Å². The van der Waals surface area contributed by atoms with Gasteiger partial charge in [0.05, 0.1) is 10.9 Å². The first-order valence-corrected chi connectivity index (χ1v) is 17.0. The summed E-state index contributed by atoms with van der Waals surface area (Å²) in [6.07, 6.45) is 1.87. The molecule has 1 atom stereocenters. The molecule has 3 aromatic rings. The third-order valence-electron chi connectivity index (χ3n) is 9.23. The molecule has 10 heteroatoms. The highest BCUT2D eigenvalue weighted by Crippen LogP contribution is 2.45. The van der Waals surface area contributed by atoms with Gasteiger partial charge < -0.3 is 19.7 Å². The van der Waals surface area contributed by atoms with Gasteiger partial charge in [-0.25, -0.2) is 13.2 Å². The maximum absolute atomic E-state index is 13.6. The number of sulfonamides is 1. The highest BCUT2D eigenvalue weighted by Gasteiger charge is 2.37. The van der Waals surface area contributed by atoms with E-state index < -0.39 is 15.6 Å². The summed E-state index contributed by atoms with van der Waals surface area (Å²) in [4.78, 5) is 15.2. The van der Waals surface area contributed by atoms with Gasteiger partial charge in [-0.2, -0.15) is 0 Å². The molecule has 1 aliphatic carbocycles. The van der Waals surface area contributed by atoms with E-state index in [0.29, 0.717) is 30.6 Å². The van der Waals surface area contributed by atoms with Crippen LogP contribution in [0.2, 0.25) is 0 Å². The number of nitrogens with zero attached hydrogens (tertiary/aromatic N) is 1. The molecule has 1 amide bonds. The Balaban J connectivity index is 1.08. The van der Waals surface area contributed by atoms with E-state index in [-0.39, 0.29) is 34.7 Å². The van der Waals surface area contributed by atoms with E-state index in [1.165, 1.54) is 22.3 Å². The van der Waals surface area contributed by atoms with E-state index in [2.05, 4.69) is 34.3 Å². The van der Waals surface area contributed by atoms with E-state index >= 15 is 0 Å². The molecule has 8 nitrogen and oxygen atoms in total. The number of rotatable bonds is 6. The van der Waals surface area contributed by atoms with Crippen LogP contribution in [-0.2, 0) is 21.2 Å². The van der Waals surface area contributed by atoms with E-state index in [0.717, 1.165) is 29.7 Å². The lowest BCUT2D eigenvalue weighted by atomic mass is 9.94. The molecule has 0 aromatic heterocycles. The van der Waals surface area contributed by atoms with Crippen LogP contribution in [0.5, 0.6) is 5.75 Å². The summed E-state index contributed by atoms with van der Waals surface area (Å²) in [6, 6.07) is 16.3. The van der Waals surface area contributed by atoms with Crippen molar-refractivity contribution >= 4 is 33.4 Å². The molecule has 2 heterocycles. The number of ether oxygens (including phenoxy) is 2. The third kappa shape index (κ3) is 5.43. The lowest BCUT2D eigenvalue weighted by molar-refractivity contribution is 0.0960. The number of fused-ring (bicyclic) bond motifs is 4. The smallest absolute Gasteiger partial charge is 0.410 e. The van der Waals surface area contributed by atoms with Gasteiger partial charge in [-0.15, -0.1) is 0 Å². The highest BCUT2D eigenvalue weighted by atomic mass is 32.2. The summed E-state index contributed by atoms with van der Waals surface area (Å²) < 4.78 is 41.8. The first kappa shape index (κ1) is 30.4. The van der Waals surface area contributed by atoms with Crippen molar-refractivity contribution in [1.82, 2.24) is 14.9 Å². The van der Waals surface area contributed by atoms with Crippen LogP contribution in [0.15, 0.2) is 53.4 Å². The number of likely N-dealkylation sites (tertiary alicyclic amines) is 1. The Labute approximate surface area is 265 Å². The Bertz CT molecular complexity index is 1720. The standard InChI is InChI=1S/C34H39N3O5S2/c1-20-21(2)31(22(3)28-17-34(4,5)42-30(20)28)44(39,40)36-32(43)35-18-23-11-10-16-37(23)33(38)41-19-29-26-14-8-6-12-24(26)25-13-7-9-15-27(25)29/h6-9,12-15,23,29H,10-11,16-19H2,1-5H3,(H2,35,36,43)/t23-/m0/s1. The Hall–Kier alpha value is -3.63. The van der Waals surface area contributed by atoms with Gasteiger partial charge in [0, 0.05) is 31.0 Å². The Morgan fingerprint density at radius 3 is 2.32 bits per heavy atom. The Morgan fingerprint density at radius 1 is 1.02 bits per heavy atom. The lowest BCUT2D eigenvalue weighted by Crippen LogP contribution is -2.47. The number of carbonyl (C=O) groups is 1. The first-order valence-electron chi connectivity index (χ1n) is 15.1. The minimum atomic E-state index is -3.96. The number of hydrogen-bond donors (Lipinski definition) is 2. The zero-order valence-corrected chi connectivity index (χ0v) is 27.5. The quantitative estimate of drug-likeness (QED) is 0.327. The summed E-state index contributed by atoms with van der Waals surface area (Å²) in [5.74, 6) is 0.763. The van der Waals surface area contributed by atoms with Crippen molar-refractivity contribution in [2.75, 3.05) is 19.7 Å². The van der Waals surface area contributed by atoms with Crippen LogP contribution in [-0.4, -0.2) is 55.9 Å². The topological polar surface area (TPSA) is 97.0 Å². The number of amides is 1. The fourth-order valence-electron chi connectivity index (χ4n) is 7.03. The molecule has 2 N–H and O–H groups in total. The second kappa shape index (κ2) is 11.4. The number of benzene rings is 3. The van der Waals surface area contributed by atoms with E-state index in [4.69, 9.17) is 21.7 Å². The molecule has 1 fully saturated rings. The van der Waals surface area contributed by atoms with Crippen molar-refractivity contribution in [1.29, 1.82) is 0 Å². The second-order valence-corrected chi connectivity index (χ2v) is 14.7. The van der Waals surface area contributed by atoms with Crippen LogP contribution in [0.4, 0.5) is 4.79 Å². The number of hydrogen-bond acceptors (Lipinski definition) is 6. The molecule has 0 bridgehead atoms. The molecule has 1 saturated heterocycles. The van der Waals surface area contributed by atoms with Crippen molar-refractivity contribution in [3.63, 3.8) is 0 Å². The first-order chi connectivity index (χ1) is 20.9. The molecular formula is C34H39N3O5S2. The molecule has 3 aromatic carbocycles. The van der Waals surface area contributed by atoms with Gasteiger partial charge in [0.2, 0.25) is 0 Å². The van der Waals surface area contributed by atoms with E-state index in [1.54, 1.807) is 11.8 Å². The molecule has 2 aliphatic heterocycles. The number of thiocarbonyl (C=S) groups is 1. The zero-order chi connectivity index (χ0) is 31.4. The average molecular weight is 634 g/mol. The fourth-order valence-corrected chi connectivity index (χ4v) is 8.95. The fraction of sp³-hybridized carbons (Fsp3) is 0.412. The van der Waals surface area contributed by atoms with Crippen LogP contribution in [0.3, 0.4) is 0 Å². The molecule has 232 valence electrons. The van der Waals surface area contributed by atoms with Crippen LogP contribution >= 0.6 is 12.2 Å². The van der Waals surface area contributed by atoms with E-state index in [9.17, 15) is 13.2 Å². The summed E-state index contributed by atoms with van der Waals surface area (Å²) in [5, 5.41) is 3.04. The number of carbonyl (C=O) groups excluding carboxylic acids is 1. The van der Waals surface area contributed by atoms with Crippen molar-refractivity contribution < 1.29 is 22.7 Å². The summed E-state index contributed by atoms with van der Waals surface area (Å²) in [5.41, 5.74) is 7.37. The normalized spacial score (nSPS) is 18.3. The van der Waals surface area contributed by atoms with Crippen molar-refractivity contribution in [2.45, 2.75) is 76.3 Å². The monoisotopic (exact) mass is 633 g/mol. The van der Waals surface area contributed by atoms with Crippen molar-refractivity contribution in [3.8, 4) is 16.9 Å². The summed E-state index contributed by atoms with van der Waals surface area (Å²) in [6.45, 7) is 10.7. The molecule has 44 heavy (non-hydrogen) atoms. The minimum absolute atomic E-state index is 0.00193. The third-order valence-corrected chi connectivity index (χ3v) is 11.2. The molecule has 0 spiro atoms. The van der Waals surface area contributed by atoms with Gasteiger partial charge in [-0.3, -0.25) is 4.72 Å². The molecule has 6 rings (SSSR count). The minimum Gasteiger partial charge on any atom is -0.487 e. The predicted octanol–water partition coefficient (Wildman–Crippen LogP) is 5.89. The van der Waals surface area contributed by atoms with Gasteiger partial charge in [0.15, 0.2) is 5.11 Å². The van der Waals surface area contributed by atoms with Gasteiger partial charge in [-0.1, -0.05) is 48.5 Å². The molecule has 0 saturated carbocycles. The largest absolute Gasteiger partial charge is 0.487 e. The van der Waals surface area contributed by atoms with Crippen LogP contribution < -0.4 is 14.8 Å². The van der Waals surface area contributed by atoms with Crippen molar-refractivity contribution in [2.24, 2.45) is 0 Å². The molecule has 0 radical (unpaired) electrons. The molecule has 0 unspecified atom stereocenters. The molecule has 3 aliphatic rings. The molecular weight excluding hydrogens is 595 g/mol. The van der Waals surface area contributed by atoms with Gasteiger partial charge in [0.25, 0.3) is 10.0 Å². The summed E-state index contributed by atoms with van der Waals surface area (Å²) in [7, 11) is -3.96. The zero-order valence-electron chi connectivity index (χ0n) is 25.8. The van der Waals surface area contributed by atoms with Crippen LogP contribution in [0, 0.1) is 20.8 Å². The highest BCUT2D eigenvalue weighted by molar-refractivity contribution is 7.92. The second-order valence-electron chi connectivity index (χ2n) is 12.7. The summed E-state index contributed by atoms with van der Waals surface area (Å²) >= 11 is 5.43. The average Bonchev–Trinajstić information content (AvgIpc) is 3.67. The van der Waals surface area contributed by atoms with Gasteiger partial charge in [0.1, 0.15) is 18.0 Å². The van der Waals surface area contributed by atoms with Crippen molar-refractivity contribution in [3.05, 3.63) is 81.9 Å². The SMILES string of the molecule is Cc1c(C)c(S(=O)(=O)NC(=S)NC[C@@H]2CCCN2C(=O)OCC2c3ccccc3-c3ccccc32)c(C)c2c1OC(C)(C)C2. The predicted molar refractivity (Wildman–Crippen MR) is 175 cm³/mol. The maximum atomic E-state index is 13.6. The maximum Gasteiger partial charge on any atom is 0.410 e. The Kier molecular flexibility index (Phi) is 7.86. The van der Waals surface area contributed by atoms with Gasteiger partial charge >= 0.3 is 6.09 Å². The van der Waals surface area contributed by atoms with E-state index in [1.807, 2.05) is 52.0 Å². The number of nitrogens with one attached hydrogen (secondary N) is 2. The van der Waals surface area contributed by atoms with Crippen LogP contribution in [0.1, 0.15) is 66.0 Å².